The number of hydrogen-bond acceptors (Lipinski definition) is 5. The van der Waals surface area contributed by atoms with Crippen LogP contribution in [0.3, 0.4) is 0 Å². The Kier molecular flexibility index (Phi) is 6.19. The fraction of sp³-hybridized carbons (Fsp3) is 0.318. The molecule has 2 heterocycles. The van der Waals surface area contributed by atoms with Crippen molar-refractivity contribution in [3.05, 3.63) is 71.4 Å². The van der Waals surface area contributed by atoms with Crippen LogP contribution in [0.1, 0.15) is 29.6 Å². The predicted molar refractivity (Wildman–Crippen MR) is 119 cm³/mol. The van der Waals surface area contributed by atoms with Gasteiger partial charge in [0, 0.05) is 29.7 Å². The molecule has 0 saturated carbocycles. The molecule has 1 saturated heterocycles. The van der Waals surface area contributed by atoms with Crippen LogP contribution in [0.25, 0.3) is 0 Å². The summed E-state index contributed by atoms with van der Waals surface area (Å²) in [7, 11) is -7.08. The highest BCUT2D eigenvalue weighted by Gasteiger charge is 2.32. The van der Waals surface area contributed by atoms with Gasteiger partial charge in [-0.2, -0.15) is 4.31 Å². The molecule has 7 nitrogen and oxygen atoms in total. The zero-order chi connectivity index (χ0) is 22.9. The van der Waals surface area contributed by atoms with Crippen molar-refractivity contribution >= 4 is 31.5 Å². The lowest BCUT2D eigenvalue weighted by Crippen LogP contribution is -2.41. The molecule has 1 atom stereocenters. The van der Waals surface area contributed by atoms with Crippen molar-refractivity contribution in [1.82, 2.24) is 4.31 Å². The van der Waals surface area contributed by atoms with Crippen molar-refractivity contribution in [2.45, 2.75) is 30.2 Å². The summed E-state index contributed by atoms with van der Waals surface area (Å²) in [6, 6.07) is 10.1. The maximum Gasteiger partial charge on any atom is 0.258 e. The van der Waals surface area contributed by atoms with E-state index in [1.54, 1.807) is 0 Å². The summed E-state index contributed by atoms with van der Waals surface area (Å²) < 4.78 is 64.5. The maximum atomic E-state index is 13.4. The number of halogens is 1. The van der Waals surface area contributed by atoms with Crippen LogP contribution < -0.4 is 4.90 Å². The molecule has 0 bridgehead atoms. The van der Waals surface area contributed by atoms with Gasteiger partial charge >= 0.3 is 0 Å². The van der Waals surface area contributed by atoms with Gasteiger partial charge in [0.05, 0.1) is 16.7 Å². The number of sulfone groups is 1. The fourth-order valence-corrected chi connectivity index (χ4v) is 6.73. The van der Waals surface area contributed by atoms with Crippen molar-refractivity contribution in [2.24, 2.45) is 0 Å². The van der Waals surface area contributed by atoms with Gasteiger partial charge in [-0.1, -0.05) is 6.42 Å². The third-order valence-corrected chi connectivity index (χ3v) is 8.91. The Morgan fingerprint density at radius 1 is 0.969 bits per heavy atom. The topological polar surface area (TPSA) is 91.8 Å². The summed E-state index contributed by atoms with van der Waals surface area (Å²) >= 11 is 0. The largest absolute Gasteiger partial charge is 0.300 e. The van der Waals surface area contributed by atoms with E-state index in [1.165, 1.54) is 63.8 Å². The number of sulfonamides is 1. The van der Waals surface area contributed by atoms with E-state index in [0.717, 1.165) is 24.7 Å². The minimum absolute atomic E-state index is 0.104. The first kappa shape index (κ1) is 22.6. The predicted octanol–water partition coefficient (Wildman–Crippen LogP) is 2.96. The fourth-order valence-electron chi connectivity index (χ4n) is 3.94. The standard InChI is InChI=1S/C22H23FN2O5S2/c23-18-6-8-19(9-7-18)25(20-12-15-31(27,28)16-20)22(26)17-4-10-21(11-5-17)32(29,30)24-13-2-1-3-14-24/h4-12,15,20H,1-3,13-14,16H2/t20-/m1/s1. The lowest BCUT2D eigenvalue weighted by molar-refractivity contribution is 0.0983. The number of anilines is 1. The molecule has 2 aliphatic heterocycles. The number of rotatable bonds is 5. The molecule has 0 N–H and O–H groups in total. The second-order valence-electron chi connectivity index (χ2n) is 7.87. The minimum atomic E-state index is -3.64. The molecule has 1 amide bonds. The SMILES string of the molecule is O=C(c1ccc(S(=O)(=O)N2CCCCC2)cc1)N(c1ccc(F)cc1)[C@@H]1C=CS(=O)(=O)C1. The second kappa shape index (κ2) is 8.76. The van der Waals surface area contributed by atoms with Gasteiger partial charge in [-0.05, 0) is 67.4 Å². The van der Waals surface area contributed by atoms with Gasteiger partial charge in [0.25, 0.3) is 5.91 Å². The molecule has 2 aromatic rings. The van der Waals surface area contributed by atoms with Gasteiger partial charge in [-0.25, -0.2) is 21.2 Å². The monoisotopic (exact) mass is 478 g/mol. The summed E-state index contributed by atoms with van der Waals surface area (Å²) in [5, 5.41) is 1.07. The average molecular weight is 479 g/mol. The molecule has 0 spiro atoms. The number of carbonyl (C=O) groups is 1. The molecule has 4 rings (SSSR count). The number of hydrogen-bond donors (Lipinski definition) is 0. The molecule has 2 aromatic carbocycles. The van der Waals surface area contributed by atoms with Gasteiger partial charge in [0.1, 0.15) is 5.82 Å². The zero-order valence-corrected chi connectivity index (χ0v) is 18.9. The van der Waals surface area contributed by atoms with E-state index >= 15 is 0 Å². The van der Waals surface area contributed by atoms with E-state index in [2.05, 4.69) is 0 Å². The van der Waals surface area contributed by atoms with Crippen LogP contribution in [0.15, 0.2) is 64.9 Å². The van der Waals surface area contributed by atoms with Gasteiger partial charge in [0.2, 0.25) is 10.0 Å². The van der Waals surface area contributed by atoms with Crippen LogP contribution in [0, 0.1) is 5.82 Å². The molecule has 0 unspecified atom stereocenters. The molecule has 0 radical (unpaired) electrons. The number of benzene rings is 2. The maximum absolute atomic E-state index is 13.4. The molecular formula is C22H23FN2O5S2. The normalized spacial score (nSPS) is 20.8. The third kappa shape index (κ3) is 4.62. The Morgan fingerprint density at radius 3 is 2.16 bits per heavy atom. The first-order valence-electron chi connectivity index (χ1n) is 10.3. The van der Waals surface area contributed by atoms with E-state index in [4.69, 9.17) is 0 Å². The number of piperidine rings is 1. The molecule has 0 aliphatic carbocycles. The van der Waals surface area contributed by atoms with Crippen molar-refractivity contribution in [3.8, 4) is 0 Å². The number of nitrogens with zero attached hydrogens (tertiary/aromatic N) is 2. The van der Waals surface area contributed by atoms with Crippen LogP contribution in [0.4, 0.5) is 10.1 Å². The third-order valence-electron chi connectivity index (χ3n) is 5.62. The van der Waals surface area contributed by atoms with Crippen molar-refractivity contribution in [1.29, 1.82) is 0 Å². The van der Waals surface area contributed by atoms with Gasteiger partial charge < -0.3 is 4.90 Å². The van der Waals surface area contributed by atoms with Crippen LogP contribution in [-0.2, 0) is 19.9 Å². The van der Waals surface area contributed by atoms with E-state index < -0.39 is 37.6 Å². The van der Waals surface area contributed by atoms with Crippen molar-refractivity contribution in [3.63, 3.8) is 0 Å². The van der Waals surface area contributed by atoms with Gasteiger partial charge in [-0.15, -0.1) is 0 Å². The first-order valence-corrected chi connectivity index (χ1v) is 13.4. The zero-order valence-electron chi connectivity index (χ0n) is 17.2. The van der Waals surface area contributed by atoms with Crippen LogP contribution >= 0.6 is 0 Å². The summed E-state index contributed by atoms with van der Waals surface area (Å²) in [6.45, 7) is 0.952. The number of carbonyl (C=O) groups excluding carboxylic acids is 1. The van der Waals surface area contributed by atoms with Crippen LogP contribution in [-0.4, -0.2) is 51.9 Å². The van der Waals surface area contributed by atoms with Gasteiger partial charge in [-0.3, -0.25) is 4.79 Å². The Labute approximate surface area is 187 Å². The lowest BCUT2D eigenvalue weighted by Gasteiger charge is -2.28. The quantitative estimate of drug-likeness (QED) is 0.659. The van der Waals surface area contributed by atoms with Crippen molar-refractivity contribution < 1.29 is 26.0 Å². The Bertz CT molecular complexity index is 1230. The van der Waals surface area contributed by atoms with E-state index in [0.29, 0.717) is 18.8 Å². The summed E-state index contributed by atoms with van der Waals surface area (Å²) in [5.74, 6) is -1.27. The molecule has 0 aromatic heterocycles. The Balaban J connectivity index is 1.64. The Hall–Kier alpha value is -2.56. The Morgan fingerprint density at radius 2 is 1.59 bits per heavy atom. The highest BCUT2D eigenvalue weighted by atomic mass is 32.2. The van der Waals surface area contributed by atoms with E-state index in [9.17, 15) is 26.0 Å². The summed E-state index contributed by atoms with van der Waals surface area (Å²) in [5.41, 5.74) is 0.540. The van der Waals surface area contributed by atoms with Crippen LogP contribution in [0.2, 0.25) is 0 Å². The molecule has 170 valence electrons. The molecule has 2 aliphatic rings. The van der Waals surface area contributed by atoms with Crippen molar-refractivity contribution in [2.75, 3.05) is 23.7 Å². The lowest BCUT2D eigenvalue weighted by atomic mass is 10.1. The van der Waals surface area contributed by atoms with E-state index in [1.807, 2.05) is 0 Å². The highest BCUT2D eigenvalue weighted by molar-refractivity contribution is 7.94. The summed E-state index contributed by atoms with van der Waals surface area (Å²) in [6.07, 6.45) is 4.07. The number of amides is 1. The van der Waals surface area contributed by atoms with E-state index in [-0.39, 0.29) is 16.2 Å². The second-order valence-corrected chi connectivity index (χ2v) is 11.7. The molecule has 10 heteroatoms. The highest BCUT2D eigenvalue weighted by Crippen LogP contribution is 2.26. The van der Waals surface area contributed by atoms with Gasteiger partial charge in [0.15, 0.2) is 9.84 Å². The molecular weight excluding hydrogens is 455 g/mol. The average Bonchev–Trinajstić information content (AvgIpc) is 3.15. The summed E-state index contributed by atoms with van der Waals surface area (Å²) in [4.78, 5) is 14.7. The molecule has 32 heavy (non-hydrogen) atoms. The molecule has 1 fully saturated rings. The first-order chi connectivity index (χ1) is 15.2. The van der Waals surface area contributed by atoms with Crippen LogP contribution in [0.5, 0.6) is 0 Å². The smallest absolute Gasteiger partial charge is 0.258 e. The minimum Gasteiger partial charge on any atom is -0.300 e.